The van der Waals surface area contributed by atoms with Gasteiger partial charge in [0, 0.05) is 6.54 Å². The summed E-state index contributed by atoms with van der Waals surface area (Å²) in [5.41, 5.74) is 6.22. The number of nitrogens with one attached hydrogen (secondary N) is 2. The van der Waals surface area contributed by atoms with Crippen molar-refractivity contribution in [3.63, 3.8) is 0 Å². The van der Waals surface area contributed by atoms with E-state index in [2.05, 4.69) is 15.6 Å². The van der Waals surface area contributed by atoms with Crippen LogP contribution < -0.4 is 16.4 Å². The number of nitrogen functional groups attached to an aromatic ring is 1. The largest absolute Gasteiger partial charge is 0.384 e. The summed E-state index contributed by atoms with van der Waals surface area (Å²) >= 11 is 0. The van der Waals surface area contributed by atoms with Gasteiger partial charge in [0.05, 0.1) is 18.4 Å². The van der Waals surface area contributed by atoms with Gasteiger partial charge in [0.25, 0.3) is 0 Å². The number of pyridine rings is 1. The van der Waals surface area contributed by atoms with Crippen LogP contribution in [0.5, 0.6) is 0 Å². The summed E-state index contributed by atoms with van der Waals surface area (Å²) in [6.07, 6.45) is 2.54. The first kappa shape index (κ1) is 11.3. The lowest BCUT2D eigenvalue weighted by Crippen LogP contribution is -2.30. The molecule has 15 heavy (non-hydrogen) atoms. The fourth-order valence-corrected chi connectivity index (χ4v) is 1.02. The maximum atomic E-state index is 11.2. The second-order valence-electron chi connectivity index (χ2n) is 3.18. The molecule has 0 aliphatic rings. The maximum absolute atomic E-state index is 11.2. The third kappa shape index (κ3) is 4.30. The Morgan fingerprint density at radius 2 is 2.33 bits per heavy atom. The van der Waals surface area contributed by atoms with Crippen LogP contribution in [0.15, 0.2) is 18.3 Å². The number of rotatable bonds is 5. The predicted octanol–water partition coefficient (Wildman–Crippen LogP) is 0.602. The van der Waals surface area contributed by atoms with Gasteiger partial charge < -0.3 is 16.4 Å². The summed E-state index contributed by atoms with van der Waals surface area (Å²) in [4.78, 5) is 15.1. The van der Waals surface area contributed by atoms with Gasteiger partial charge in [0.15, 0.2) is 0 Å². The standard InChI is InChI=1S/C10H16N4O/c1-2-5-12-10(15)7-13-8-3-4-9(11)14-6-8/h3-4,6,13H,2,5,7H2,1H3,(H2,11,14)(H,12,15). The molecular formula is C10H16N4O. The van der Waals surface area contributed by atoms with E-state index in [1.165, 1.54) is 0 Å². The number of amides is 1. The van der Waals surface area contributed by atoms with Crippen molar-refractivity contribution in [2.75, 3.05) is 24.1 Å². The van der Waals surface area contributed by atoms with Crippen molar-refractivity contribution in [3.05, 3.63) is 18.3 Å². The van der Waals surface area contributed by atoms with Gasteiger partial charge >= 0.3 is 0 Å². The molecule has 0 saturated heterocycles. The Kier molecular flexibility index (Phi) is 4.40. The fraction of sp³-hybridized carbons (Fsp3) is 0.400. The first-order valence-electron chi connectivity index (χ1n) is 4.94. The minimum Gasteiger partial charge on any atom is -0.384 e. The fourth-order valence-electron chi connectivity index (χ4n) is 1.02. The Morgan fingerprint density at radius 1 is 1.53 bits per heavy atom. The Bertz CT molecular complexity index is 310. The average molecular weight is 208 g/mol. The summed E-state index contributed by atoms with van der Waals surface area (Å²) in [5.74, 6) is 0.449. The number of anilines is 2. The molecule has 1 aromatic heterocycles. The Morgan fingerprint density at radius 3 is 2.93 bits per heavy atom. The normalized spacial score (nSPS) is 9.67. The third-order valence-corrected chi connectivity index (χ3v) is 1.81. The molecule has 4 N–H and O–H groups in total. The maximum Gasteiger partial charge on any atom is 0.239 e. The van der Waals surface area contributed by atoms with Crippen molar-refractivity contribution < 1.29 is 4.79 Å². The van der Waals surface area contributed by atoms with E-state index in [9.17, 15) is 4.79 Å². The van der Waals surface area contributed by atoms with Gasteiger partial charge in [-0.15, -0.1) is 0 Å². The quantitative estimate of drug-likeness (QED) is 0.662. The lowest BCUT2D eigenvalue weighted by atomic mass is 10.4. The summed E-state index contributed by atoms with van der Waals surface area (Å²) in [7, 11) is 0. The van der Waals surface area contributed by atoms with Gasteiger partial charge in [-0.25, -0.2) is 4.98 Å². The highest BCUT2D eigenvalue weighted by molar-refractivity contribution is 5.80. The summed E-state index contributed by atoms with van der Waals surface area (Å²) < 4.78 is 0. The average Bonchev–Trinajstić information content (AvgIpc) is 2.25. The van der Waals surface area contributed by atoms with Gasteiger partial charge in [-0.3, -0.25) is 4.79 Å². The first-order chi connectivity index (χ1) is 7.22. The predicted molar refractivity (Wildman–Crippen MR) is 60.4 cm³/mol. The van der Waals surface area contributed by atoms with Crippen LogP contribution in [0.4, 0.5) is 11.5 Å². The van der Waals surface area contributed by atoms with Crippen LogP contribution in [-0.2, 0) is 4.79 Å². The van der Waals surface area contributed by atoms with Gasteiger partial charge in [0.2, 0.25) is 5.91 Å². The lowest BCUT2D eigenvalue weighted by molar-refractivity contribution is -0.119. The molecule has 0 fully saturated rings. The van der Waals surface area contributed by atoms with Crippen molar-refractivity contribution in [2.45, 2.75) is 13.3 Å². The SMILES string of the molecule is CCCNC(=O)CNc1ccc(N)nc1. The van der Waals surface area contributed by atoms with Crippen LogP contribution in [0.3, 0.4) is 0 Å². The molecule has 0 unspecified atom stereocenters. The van der Waals surface area contributed by atoms with E-state index in [1.807, 2.05) is 6.92 Å². The Hall–Kier alpha value is -1.78. The number of carbonyl (C=O) groups is 1. The molecule has 1 heterocycles. The molecule has 82 valence electrons. The summed E-state index contributed by atoms with van der Waals surface area (Å²) in [6, 6.07) is 3.47. The van der Waals surface area contributed by atoms with E-state index in [1.54, 1.807) is 18.3 Å². The van der Waals surface area contributed by atoms with Crippen LogP contribution in [0.1, 0.15) is 13.3 Å². The number of aromatic nitrogens is 1. The van der Waals surface area contributed by atoms with Crippen LogP contribution in [0.25, 0.3) is 0 Å². The number of nitrogens with zero attached hydrogens (tertiary/aromatic N) is 1. The molecule has 0 atom stereocenters. The Labute approximate surface area is 89.1 Å². The highest BCUT2D eigenvalue weighted by atomic mass is 16.1. The third-order valence-electron chi connectivity index (χ3n) is 1.81. The summed E-state index contributed by atoms with van der Waals surface area (Å²) in [5, 5.41) is 5.72. The number of carbonyl (C=O) groups excluding carboxylic acids is 1. The molecule has 0 spiro atoms. The molecule has 0 saturated carbocycles. The number of nitrogens with two attached hydrogens (primary N) is 1. The van der Waals surface area contributed by atoms with E-state index in [0.717, 1.165) is 12.1 Å². The monoisotopic (exact) mass is 208 g/mol. The lowest BCUT2D eigenvalue weighted by Gasteiger charge is -2.06. The van der Waals surface area contributed by atoms with E-state index in [0.29, 0.717) is 12.4 Å². The molecule has 1 amide bonds. The highest BCUT2D eigenvalue weighted by Crippen LogP contribution is 2.05. The van der Waals surface area contributed by atoms with E-state index >= 15 is 0 Å². The summed E-state index contributed by atoms with van der Waals surface area (Å²) in [6.45, 7) is 2.98. The van der Waals surface area contributed by atoms with Crippen molar-refractivity contribution in [2.24, 2.45) is 0 Å². The molecular weight excluding hydrogens is 192 g/mol. The van der Waals surface area contributed by atoms with Crippen molar-refractivity contribution in [1.29, 1.82) is 0 Å². The Balaban J connectivity index is 2.30. The molecule has 0 aliphatic heterocycles. The van der Waals surface area contributed by atoms with E-state index in [4.69, 9.17) is 5.73 Å². The van der Waals surface area contributed by atoms with Gasteiger partial charge in [0.1, 0.15) is 5.82 Å². The van der Waals surface area contributed by atoms with E-state index < -0.39 is 0 Å². The topological polar surface area (TPSA) is 80.0 Å². The van der Waals surface area contributed by atoms with Gasteiger partial charge in [-0.05, 0) is 18.6 Å². The van der Waals surface area contributed by atoms with E-state index in [-0.39, 0.29) is 12.5 Å². The number of hydrogen-bond acceptors (Lipinski definition) is 4. The van der Waals surface area contributed by atoms with Crippen LogP contribution >= 0.6 is 0 Å². The molecule has 0 bridgehead atoms. The van der Waals surface area contributed by atoms with Crippen LogP contribution in [0.2, 0.25) is 0 Å². The zero-order valence-electron chi connectivity index (χ0n) is 8.79. The molecule has 5 nitrogen and oxygen atoms in total. The minimum atomic E-state index is -0.0197. The van der Waals surface area contributed by atoms with Gasteiger partial charge in [-0.1, -0.05) is 6.92 Å². The smallest absolute Gasteiger partial charge is 0.239 e. The highest BCUT2D eigenvalue weighted by Gasteiger charge is 1.99. The van der Waals surface area contributed by atoms with Crippen molar-refractivity contribution in [1.82, 2.24) is 10.3 Å². The van der Waals surface area contributed by atoms with Crippen molar-refractivity contribution >= 4 is 17.4 Å². The molecule has 5 heteroatoms. The second-order valence-corrected chi connectivity index (χ2v) is 3.18. The molecule has 1 aromatic rings. The minimum absolute atomic E-state index is 0.0197. The first-order valence-corrected chi connectivity index (χ1v) is 4.94. The zero-order valence-corrected chi connectivity index (χ0v) is 8.79. The number of hydrogen-bond donors (Lipinski definition) is 3. The van der Waals surface area contributed by atoms with Gasteiger partial charge in [-0.2, -0.15) is 0 Å². The molecule has 0 aliphatic carbocycles. The molecule has 1 rings (SSSR count). The second kappa shape index (κ2) is 5.85. The molecule has 0 aromatic carbocycles. The van der Waals surface area contributed by atoms with Crippen molar-refractivity contribution in [3.8, 4) is 0 Å². The van der Waals surface area contributed by atoms with Crippen LogP contribution in [0, 0.1) is 0 Å². The van der Waals surface area contributed by atoms with Crippen LogP contribution in [-0.4, -0.2) is 24.0 Å². The zero-order chi connectivity index (χ0) is 11.1. The molecule has 0 radical (unpaired) electrons.